The summed E-state index contributed by atoms with van der Waals surface area (Å²) < 4.78 is 43.6. The van der Waals surface area contributed by atoms with E-state index < -0.39 is 10.0 Å². The van der Waals surface area contributed by atoms with E-state index in [1.165, 1.54) is 18.2 Å². The fourth-order valence-electron chi connectivity index (χ4n) is 3.26. The number of benzene rings is 3. The second-order valence-corrected chi connectivity index (χ2v) is 8.35. The molecule has 152 valence electrons. The van der Waals surface area contributed by atoms with E-state index in [0.717, 1.165) is 5.56 Å². The largest absolute Gasteiger partial charge is 0.440 e. The molecule has 3 aromatic carbocycles. The minimum Gasteiger partial charge on any atom is -0.440 e. The van der Waals surface area contributed by atoms with Gasteiger partial charge in [0.15, 0.2) is 11.7 Å². The Morgan fingerprint density at radius 2 is 1.53 bits per heavy atom. The number of nitrogens with two attached hydrogens (primary N) is 1. The molecular formula is C23H19FN2O3S. The number of aryl methyl sites for hydroxylation is 2. The molecule has 0 unspecified atom stereocenters. The lowest BCUT2D eigenvalue weighted by molar-refractivity contribution is 0.504. The van der Waals surface area contributed by atoms with Crippen molar-refractivity contribution in [2.24, 2.45) is 5.14 Å². The quantitative estimate of drug-likeness (QED) is 0.493. The van der Waals surface area contributed by atoms with Crippen molar-refractivity contribution in [3.8, 4) is 22.6 Å². The van der Waals surface area contributed by atoms with E-state index in [2.05, 4.69) is 4.98 Å². The van der Waals surface area contributed by atoms with Crippen LogP contribution in [0.1, 0.15) is 11.5 Å². The van der Waals surface area contributed by atoms with Gasteiger partial charge in [-0.2, -0.15) is 0 Å². The second-order valence-electron chi connectivity index (χ2n) is 6.82. The summed E-state index contributed by atoms with van der Waals surface area (Å²) in [6.07, 6.45) is 1.23. The molecule has 0 bridgehead atoms. The number of aromatic nitrogens is 1. The van der Waals surface area contributed by atoms with Crippen molar-refractivity contribution in [3.05, 3.63) is 96.1 Å². The third-order valence-electron chi connectivity index (χ3n) is 4.70. The first-order valence-corrected chi connectivity index (χ1v) is 10.9. The van der Waals surface area contributed by atoms with E-state index in [1.54, 1.807) is 30.3 Å². The van der Waals surface area contributed by atoms with Gasteiger partial charge >= 0.3 is 0 Å². The van der Waals surface area contributed by atoms with Crippen molar-refractivity contribution in [2.45, 2.75) is 17.7 Å². The number of sulfonamides is 1. The van der Waals surface area contributed by atoms with E-state index in [0.29, 0.717) is 35.6 Å². The highest BCUT2D eigenvalue weighted by atomic mass is 32.2. The molecule has 0 spiro atoms. The van der Waals surface area contributed by atoms with Crippen LogP contribution in [0.5, 0.6) is 0 Å². The summed E-state index contributed by atoms with van der Waals surface area (Å²) in [6.45, 7) is 0. The van der Waals surface area contributed by atoms with E-state index in [4.69, 9.17) is 9.56 Å². The van der Waals surface area contributed by atoms with Gasteiger partial charge in [-0.3, -0.25) is 0 Å². The van der Waals surface area contributed by atoms with Gasteiger partial charge in [-0.15, -0.1) is 0 Å². The van der Waals surface area contributed by atoms with Crippen molar-refractivity contribution >= 4 is 10.0 Å². The Kier molecular flexibility index (Phi) is 5.48. The number of primary sulfonamides is 1. The lowest BCUT2D eigenvalue weighted by Crippen LogP contribution is -2.13. The Hall–Kier alpha value is -3.29. The highest BCUT2D eigenvalue weighted by Crippen LogP contribution is 2.36. The average molecular weight is 422 g/mol. The smallest absolute Gasteiger partial charge is 0.238 e. The first-order valence-electron chi connectivity index (χ1n) is 9.33. The third kappa shape index (κ3) is 4.32. The molecule has 0 aliphatic carbocycles. The summed E-state index contributed by atoms with van der Waals surface area (Å²) in [5, 5.41) is 5.41. The van der Waals surface area contributed by atoms with Crippen LogP contribution in [0.3, 0.4) is 0 Å². The van der Waals surface area contributed by atoms with Crippen LogP contribution in [0.15, 0.2) is 88.2 Å². The number of halogens is 1. The molecule has 0 fully saturated rings. The maximum absolute atomic E-state index is 13.4. The van der Waals surface area contributed by atoms with Gasteiger partial charge in [0, 0.05) is 17.5 Å². The minimum atomic E-state index is -3.98. The van der Waals surface area contributed by atoms with Crippen LogP contribution < -0.4 is 5.14 Å². The maximum atomic E-state index is 13.4. The third-order valence-corrected chi connectivity index (χ3v) is 5.67. The number of nitrogens with zero attached hydrogens (tertiary/aromatic N) is 1. The Bertz CT molecular complexity index is 1270. The number of hydrogen-bond acceptors (Lipinski definition) is 4. The fraction of sp³-hybridized carbons (Fsp3) is 0.0870. The summed E-state index contributed by atoms with van der Waals surface area (Å²) in [7, 11) is -3.98. The van der Waals surface area contributed by atoms with Gasteiger partial charge in [0.2, 0.25) is 10.0 Å². The average Bonchev–Trinajstić information content (AvgIpc) is 3.17. The van der Waals surface area contributed by atoms with Gasteiger partial charge in [0.1, 0.15) is 11.5 Å². The Balaban J connectivity index is 1.81. The highest BCUT2D eigenvalue weighted by Gasteiger charge is 2.23. The molecule has 30 heavy (non-hydrogen) atoms. The molecule has 0 saturated heterocycles. The van der Waals surface area contributed by atoms with Crippen molar-refractivity contribution < 1.29 is 17.2 Å². The molecule has 7 heteroatoms. The van der Waals surface area contributed by atoms with Crippen LogP contribution >= 0.6 is 0 Å². The maximum Gasteiger partial charge on any atom is 0.238 e. The van der Waals surface area contributed by atoms with Crippen LogP contribution in [-0.4, -0.2) is 13.4 Å². The van der Waals surface area contributed by atoms with Crippen molar-refractivity contribution in [3.63, 3.8) is 0 Å². The molecule has 0 amide bonds. The lowest BCUT2D eigenvalue weighted by atomic mass is 10.1. The summed E-state index contributed by atoms with van der Waals surface area (Å²) in [5.41, 5.74) is 2.50. The van der Waals surface area contributed by atoms with Crippen LogP contribution in [0.2, 0.25) is 0 Å². The van der Waals surface area contributed by atoms with Crippen molar-refractivity contribution in [2.75, 3.05) is 0 Å². The van der Waals surface area contributed by atoms with E-state index in [-0.39, 0.29) is 16.5 Å². The predicted molar refractivity (Wildman–Crippen MR) is 113 cm³/mol. The summed E-state index contributed by atoms with van der Waals surface area (Å²) >= 11 is 0. The SMILES string of the molecule is NS(=O)(=O)c1ccccc1-c1oc(CCc2ccccc2)nc1-c1ccc(F)cc1. The van der Waals surface area contributed by atoms with Gasteiger partial charge in [0.25, 0.3) is 0 Å². The first-order chi connectivity index (χ1) is 14.4. The number of hydrogen-bond donors (Lipinski definition) is 1. The molecule has 1 heterocycles. The van der Waals surface area contributed by atoms with E-state index in [9.17, 15) is 12.8 Å². The van der Waals surface area contributed by atoms with E-state index >= 15 is 0 Å². The molecule has 0 aliphatic heterocycles. The van der Waals surface area contributed by atoms with Crippen LogP contribution in [0.25, 0.3) is 22.6 Å². The second kappa shape index (κ2) is 8.22. The molecule has 5 nitrogen and oxygen atoms in total. The molecule has 4 rings (SSSR count). The van der Waals surface area contributed by atoms with Crippen LogP contribution in [0.4, 0.5) is 4.39 Å². The van der Waals surface area contributed by atoms with Crippen LogP contribution in [-0.2, 0) is 22.9 Å². The number of oxazole rings is 1. The first kappa shape index (κ1) is 20.0. The van der Waals surface area contributed by atoms with Crippen LogP contribution in [0, 0.1) is 5.82 Å². The van der Waals surface area contributed by atoms with Crippen molar-refractivity contribution in [1.82, 2.24) is 4.98 Å². The predicted octanol–water partition coefficient (Wildman–Crippen LogP) is 4.58. The lowest BCUT2D eigenvalue weighted by Gasteiger charge is -2.07. The van der Waals surface area contributed by atoms with Gasteiger partial charge in [-0.25, -0.2) is 22.9 Å². The van der Waals surface area contributed by atoms with Gasteiger partial charge in [-0.05, 0) is 48.4 Å². The monoisotopic (exact) mass is 422 g/mol. The molecule has 1 aromatic heterocycles. The Labute approximate surface area is 174 Å². The number of rotatable bonds is 6. The minimum absolute atomic E-state index is 0.0564. The van der Waals surface area contributed by atoms with E-state index in [1.807, 2.05) is 30.3 Å². The van der Waals surface area contributed by atoms with Gasteiger partial charge in [-0.1, -0.05) is 42.5 Å². The standard InChI is InChI=1S/C23H19FN2O3S/c24-18-13-11-17(12-14-18)22-23(19-8-4-5-9-20(19)30(25,27)28)29-21(26-22)15-10-16-6-2-1-3-7-16/h1-9,11-14H,10,15H2,(H2,25,27,28). The topological polar surface area (TPSA) is 86.2 Å². The van der Waals surface area contributed by atoms with Gasteiger partial charge < -0.3 is 4.42 Å². The zero-order valence-corrected chi connectivity index (χ0v) is 16.8. The molecule has 0 aliphatic rings. The summed E-state index contributed by atoms with van der Waals surface area (Å²) in [6, 6.07) is 22.0. The van der Waals surface area contributed by atoms with Gasteiger partial charge in [0.05, 0.1) is 4.90 Å². The Morgan fingerprint density at radius 1 is 0.867 bits per heavy atom. The molecule has 0 radical (unpaired) electrons. The molecule has 0 atom stereocenters. The normalized spacial score (nSPS) is 11.5. The highest BCUT2D eigenvalue weighted by molar-refractivity contribution is 7.89. The molecular weight excluding hydrogens is 403 g/mol. The zero-order chi connectivity index (χ0) is 21.1. The molecule has 2 N–H and O–H groups in total. The molecule has 4 aromatic rings. The summed E-state index contributed by atoms with van der Waals surface area (Å²) in [5.74, 6) is 0.365. The fourth-order valence-corrected chi connectivity index (χ4v) is 3.99. The molecule has 0 saturated carbocycles. The summed E-state index contributed by atoms with van der Waals surface area (Å²) in [4.78, 5) is 4.54. The Morgan fingerprint density at radius 3 is 2.23 bits per heavy atom. The zero-order valence-electron chi connectivity index (χ0n) is 16.0. The van der Waals surface area contributed by atoms with Crippen molar-refractivity contribution in [1.29, 1.82) is 0 Å².